The number of primary amides is 1. The molecule has 6 atom stereocenters. The average molecular weight is 643 g/mol. The Morgan fingerprint density at radius 3 is 2.05 bits per heavy atom. The van der Waals surface area contributed by atoms with Crippen LogP contribution in [0.4, 0.5) is 0 Å². The van der Waals surface area contributed by atoms with E-state index in [1.165, 1.54) is 26.4 Å². The number of hydrogen-bond donors (Lipinski definition) is 12. The summed E-state index contributed by atoms with van der Waals surface area (Å²) in [6.45, 7) is 2.41. The van der Waals surface area contributed by atoms with Gasteiger partial charge < -0.3 is 59.6 Å². The van der Waals surface area contributed by atoms with E-state index >= 15 is 0 Å². The number of H-pyrrole nitrogens is 1. The maximum absolute atomic E-state index is 13.5. The van der Waals surface area contributed by atoms with E-state index in [2.05, 4.69) is 54.2 Å². The first-order valence-electron chi connectivity index (χ1n) is 13.5. The lowest BCUT2D eigenvalue weighted by molar-refractivity contribution is -0.135. The third-order valence-electron chi connectivity index (χ3n) is 6.05. The summed E-state index contributed by atoms with van der Waals surface area (Å²) in [5.41, 5.74) is 21.7. The zero-order valence-corrected chi connectivity index (χ0v) is 25.3. The highest BCUT2D eigenvalue weighted by molar-refractivity contribution is 7.80. The van der Waals surface area contributed by atoms with Gasteiger partial charge in [0.05, 0.1) is 19.0 Å². The van der Waals surface area contributed by atoms with Crippen LogP contribution in [0.2, 0.25) is 0 Å². The summed E-state index contributed by atoms with van der Waals surface area (Å²) < 4.78 is 0. The molecule has 19 nitrogen and oxygen atoms in total. The summed E-state index contributed by atoms with van der Waals surface area (Å²) in [7, 11) is 0. The van der Waals surface area contributed by atoms with Crippen molar-refractivity contribution in [1.29, 1.82) is 0 Å². The van der Waals surface area contributed by atoms with Crippen molar-refractivity contribution in [2.45, 2.75) is 69.4 Å². The van der Waals surface area contributed by atoms with E-state index in [1.54, 1.807) is 0 Å². The Balaban J connectivity index is 3.17. The zero-order valence-electron chi connectivity index (χ0n) is 24.4. The van der Waals surface area contributed by atoms with Gasteiger partial charge in [-0.1, -0.05) is 0 Å². The molecule has 0 aliphatic carbocycles. The first-order valence-corrected chi connectivity index (χ1v) is 14.1. The number of amides is 6. The number of guanidine groups is 1. The number of rotatable bonds is 19. The Hall–Kier alpha value is -4.43. The molecule has 0 bridgehead atoms. The van der Waals surface area contributed by atoms with E-state index in [1.807, 2.05) is 0 Å². The van der Waals surface area contributed by atoms with Crippen molar-refractivity contribution in [2.75, 3.05) is 18.8 Å². The predicted octanol–water partition coefficient (Wildman–Crippen LogP) is -5.80. The Labute approximate surface area is 258 Å². The van der Waals surface area contributed by atoms with Crippen molar-refractivity contribution in [3.8, 4) is 0 Å². The molecule has 0 aliphatic rings. The van der Waals surface area contributed by atoms with E-state index in [-0.39, 0.29) is 44.1 Å². The molecule has 0 spiro atoms. The van der Waals surface area contributed by atoms with Crippen LogP contribution in [0.3, 0.4) is 0 Å². The van der Waals surface area contributed by atoms with Crippen LogP contribution in [0.1, 0.15) is 32.4 Å². The van der Waals surface area contributed by atoms with Crippen LogP contribution in [-0.2, 0) is 35.2 Å². The number of hydrogen-bond acceptors (Lipinski definition) is 11. The smallest absolute Gasteiger partial charge is 0.244 e. The third-order valence-corrected chi connectivity index (χ3v) is 6.41. The number of carbonyl (C=O) groups is 6. The van der Waals surface area contributed by atoms with Gasteiger partial charge in [0, 0.05) is 30.6 Å². The molecule has 246 valence electrons. The van der Waals surface area contributed by atoms with Crippen LogP contribution < -0.4 is 49.5 Å². The number of aromatic nitrogens is 2. The van der Waals surface area contributed by atoms with Crippen LogP contribution >= 0.6 is 12.6 Å². The molecule has 6 amide bonds. The molecule has 0 saturated carbocycles. The van der Waals surface area contributed by atoms with Crippen LogP contribution in [0, 0.1) is 0 Å². The standard InChI is InChI=1S/C24H42N12O7S/c1-11(32-17(38)7-25)20(40)34-15(6-13-8-29-10-31-13)22(42)33-14(4-3-5-30-24(27)28)21(41)35-16(9-44)23(43)36-18(12(2)37)19(26)39/h8,10-12,14-16,18,37,44H,3-7,9,25H2,1-2H3,(H2,26,39)(H,29,31)(H,32,38)(H,33,42)(H,34,40)(H,35,41)(H,36,43)(H4,27,28,30)/t11-,12+,14-,15-,16-,18-/m0/s1. The molecule has 1 rings (SSSR count). The fraction of sp³-hybridized carbons (Fsp3) is 0.583. The molecule has 44 heavy (non-hydrogen) atoms. The Morgan fingerprint density at radius 2 is 1.52 bits per heavy atom. The minimum absolute atomic E-state index is 0.000529. The predicted molar refractivity (Wildman–Crippen MR) is 161 cm³/mol. The van der Waals surface area contributed by atoms with Crippen molar-refractivity contribution in [3.05, 3.63) is 18.2 Å². The number of aliphatic hydroxyl groups excluding tert-OH is 1. The van der Waals surface area contributed by atoms with E-state index in [0.717, 1.165) is 0 Å². The quantitative estimate of drug-likeness (QED) is 0.0292. The van der Waals surface area contributed by atoms with Crippen molar-refractivity contribution in [2.24, 2.45) is 27.9 Å². The molecular formula is C24H42N12O7S. The number of imidazole rings is 1. The molecular weight excluding hydrogens is 600 g/mol. The summed E-state index contributed by atoms with van der Waals surface area (Å²) in [6, 6.07) is -6.26. The van der Waals surface area contributed by atoms with Gasteiger partial charge in [-0.3, -0.25) is 33.8 Å². The minimum atomic E-state index is -1.43. The first kappa shape index (κ1) is 37.6. The van der Waals surface area contributed by atoms with E-state index in [9.17, 15) is 33.9 Å². The fourth-order valence-electron chi connectivity index (χ4n) is 3.68. The van der Waals surface area contributed by atoms with Crippen LogP contribution in [-0.4, -0.2) is 112 Å². The summed E-state index contributed by atoms with van der Waals surface area (Å²) in [6.07, 6.45) is 1.66. The molecule has 0 unspecified atom stereocenters. The number of aliphatic imine (C=N–C) groups is 1. The van der Waals surface area contributed by atoms with Crippen molar-refractivity contribution in [3.63, 3.8) is 0 Å². The maximum atomic E-state index is 13.5. The number of thiol groups is 1. The highest BCUT2D eigenvalue weighted by Gasteiger charge is 2.32. The number of nitrogens with zero attached hydrogens (tertiary/aromatic N) is 2. The Kier molecular flexibility index (Phi) is 16.2. The number of aromatic amines is 1. The lowest BCUT2D eigenvalue weighted by Gasteiger charge is -2.26. The van der Waals surface area contributed by atoms with Gasteiger partial charge in [-0.15, -0.1) is 0 Å². The number of carbonyl (C=O) groups excluding carboxylic acids is 6. The fourth-order valence-corrected chi connectivity index (χ4v) is 3.94. The van der Waals surface area contributed by atoms with Gasteiger partial charge in [0.15, 0.2) is 5.96 Å². The lowest BCUT2D eigenvalue weighted by Crippen LogP contribution is -2.60. The molecule has 0 saturated heterocycles. The van der Waals surface area contributed by atoms with Crippen LogP contribution in [0.15, 0.2) is 17.5 Å². The van der Waals surface area contributed by atoms with Gasteiger partial charge in [0.2, 0.25) is 35.4 Å². The second kappa shape index (κ2) is 19.0. The molecule has 0 aromatic carbocycles. The summed E-state index contributed by atoms with van der Waals surface area (Å²) in [4.78, 5) is 86.1. The number of nitrogens with one attached hydrogen (secondary N) is 6. The normalized spacial score (nSPS) is 14.8. The first-order chi connectivity index (χ1) is 20.7. The molecule has 1 heterocycles. The van der Waals surface area contributed by atoms with Crippen molar-refractivity contribution < 1.29 is 33.9 Å². The minimum Gasteiger partial charge on any atom is -0.391 e. The van der Waals surface area contributed by atoms with Crippen LogP contribution in [0.25, 0.3) is 0 Å². The molecule has 15 N–H and O–H groups in total. The number of nitrogens with two attached hydrogens (primary N) is 4. The third kappa shape index (κ3) is 13.3. The van der Waals surface area contributed by atoms with Crippen molar-refractivity contribution in [1.82, 2.24) is 36.6 Å². The van der Waals surface area contributed by atoms with E-state index in [0.29, 0.717) is 5.69 Å². The second-order valence-electron chi connectivity index (χ2n) is 9.72. The highest BCUT2D eigenvalue weighted by Crippen LogP contribution is 2.05. The Morgan fingerprint density at radius 1 is 0.932 bits per heavy atom. The molecule has 0 radical (unpaired) electrons. The zero-order chi connectivity index (χ0) is 33.4. The van der Waals surface area contributed by atoms with E-state index in [4.69, 9.17) is 22.9 Å². The van der Waals surface area contributed by atoms with E-state index < -0.39 is 71.8 Å². The van der Waals surface area contributed by atoms with Gasteiger partial charge in [-0.25, -0.2) is 4.98 Å². The molecule has 1 aromatic heterocycles. The molecule has 0 aliphatic heterocycles. The topological polar surface area (TPSA) is 328 Å². The van der Waals surface area contributed by atoms with Crippen molar-refractivity contribution >= 4 is 54.0 Å². The second-order valence-corrected chi connectivity index (χ2v) is 10.1. The monoisotopic (exact) mass is 642 g/mol. The SMILES string of the molecule is C[C@H](NC(=O)CN)C(=O)N[C@@H](Cc1cnc[nH]1)C(=O)N[C@@H](CCCN=C(N)N)C(=O)N[C@@H](CS)C(=O)N[C@H](C(N)=O)[C@@H](C)O. The summed E-state index contributed by atoms with van der Waals surface area (Å²) >= 11 is 4.09. The average Bonchev–Trinajstić information content (AvgIpc) is 3.47. The maximum Gasteiger partial charge on any atom is 0.244 e. The summed E-state index contributed by atoms with van der Waals surface area (Å²) in [5, 5.41) is 22.0. The van der Waals surface area contributed by atoms with Gasteiger partial charge in [-0.2, -0.15) is 12.6 Å². The number of aliphatic hydroxyl groups is 1. The molecule has 0 fully saturated rings. The molecule has 1 aromatic rings. The highest BCUT2D eigenvalue weighted by atomic mass is 32.1. The van der Waals surface area contributed by atoms with Gasteiger partial charge in [0.1, 0.15) is 30.2 Å². The lowest BCUT2D eigenvalue weighted by atomic mass is 10.1. The van der Waals surface area contributed by atoms with Gasteiger partial charge in [-0.05, 0) is 26.7 Å². The van der Waals surface area contributed by atoms with Gasteiger partial charge in [0.25, 0.3) is 0 Å². The largest absolute Gasteiger partial charge is 0.391 e. The summed E-state index contributed by atoms with van der Waals surface area (Å²) in [5.74, 6) is -5.12. The van der Waals surface area contributed by atoms with Crippen LogP contribution in [0.5, 0.6) is 0 Å². The van der Waals surface area contributed by atoms with Gasteiger partial charge >= 0.3 is 0 Å². The molecule has 20 heteroatoms. The Bertz CT molecular complexity index is 1160.